The van der Waals surface area contributed by atoms with Crippen LogP contribution in [0.2, 0.25) is 0 Å². The van der Waals surface area contributed by atoms with Gasteiger partial charge in [0.05, 0.1) is 33.3 Å². The van der Waals surface area contributed by atoms with Gasteiger partial charge < -0.3 is 24.2 Å². The van der Waals surface area contributed by atoms with Crippen molar-refractivity contribution in [3.8, 4) is 5.75 Å². The van der Waals surface area contributed by atoms with E-state index in [4.69, 9.17) is 14.2 Å². The fraction of sp³-hybridized carbons (Fsp3) is 0.600. The Kier molecular flexibility index (Phi) is 6.70. The number of methoxy groups -OCH3 is 2. The maximum Gasteiger partial charge on any atom is 0.410 e. The largest absolute Gasteiger partial charge is 0.496 e. The Labute approximate surface area is 160 Å². The molecule has 1 N–H and O–H groups in total. The molecule has 27 heavy (non-hydrogen) atoms. The Morgan fingerprint density at radius 1 is 1.22 bits per heavy atom. The molecule has 1 fully saturated rings. The number of benzene rings is 1. The first-order valence-corrected chi connectivity index (χ1v) is 9.02. The molecule has 1 amide bonds. The molecule has 0 aromatic heterocycles. The van der Waals surface area contributed by atoms with Crippen LogP contribution in [0, 0.1) is 5.92 Å². The summed E-state index contributed by atoms with van der Waals surface area (Å²) < 4.78 is 15.8. The van der Waals surface area contributed by atoms with Gasteiger partial charge in [-0.25, -0.2) is 4.79 Å². The van der Waals surface area contributed by atoms with Crippen LogP contribution >= 0.6 is 0 Å². The van der Waals surface area contributed by atoms with E-state index in [2.05, 4.69) is 0 Å². The zero-order valence-corrected chi connectivity index (χ0v) is 16.6. The number of hydrogen-bond donors (Lipinski definition) is 1. The minimum Gasteiger partial charge on any atom is -0.496 e. The molecule has 3 atom stereocenters. The standard InChI is InChI=1S/C20H29NO6/c1-20(2,3)27-19(24)21-11-15(13-8-6-7-9-17(13)25-4)14(16(21)12-22)10-18(23)26-5/h6-9,14-16,22H,10-12H2,1-5H3/t14-,15+,16+/m0/s1. The highest BCUT2D eigenvalue weighted by Gasteiger charge is 2.47. The normalized spacial score (nSPS) is 22.4. The van der Waals surface area contributed by atoms with Crippen molar-refractivity contribution < 1.29 is 28.9 Å². The highest BCUT2D eigenvalue weighted by atomic mass is 16.6. The molecule has 150 valence electrons. The minimum absolute atomic E-state index is 0.0870. The van der Waals surface area contributed by atoms with E-state index in [1.54, 1.807) is 27.9 Å². The van der Waals surface area contributed by atoms with E-state index in [-0.39, 0.29) is 30.8 Å². The molecule has 1 aliphatic rings. The Balaban J connectivity index is 2.40. The smallest absolute Gasteiger partial charge is 0.410 e. The molecule has 1 aromatic carbocycles. The molecule has 2 rings (SSSR count). The summed E-state index contributed by atoms with van der Waals surface area (Å²) in [6, 6.07) is 6.96. The molecule has 0 bridgehead atoms. The number of esters is 1. The predicted molar refractivity (Wildman–Crippen MR) is 99.7 cm³/mol. The summed E-state index contributed by atoms with van der Waals surface area (Å²) in [6.07, 6.45) is -0.419. The first-order chi connectivity index (χ1) is 12.7. The van der Waals surface area contributed by atoms with Crippen molar-refractivity contribution in [3.63, 3.8) is 0 Å². The first kappa shape index (κ1) is 21.0. The second-order valence-electron chi connectivity index (χ2n) is 7.68. The molecular formula is C20H29NO6. The number of hydrogen-bond acceptors (Lipinski definition) is 6. The lowest BCUT2D eigenvalue weighted by Crippen LogP contribution is -2.43. The Hall–Kier alpha value is -2.28. The van der Waals surface area contributed by atoms with Crippen LogP contribution in [0.4, 0.5) is 4.79 Å². The van der Waals surface area contributed by atoms with E-state index in [0.29, 0.717) is 12.3 Å². The maximum absolute atomic E-state index is 12.7. The number of carbonyl (C=O) groups excluding carboxylic acids is 2. The van der Waals surface area contributed by atoms with Crippen molar-refractivity contribution >= 4 is 12.1 Å². The summed E-state index contributed by atoms with van der Waals surface area (Å²) in [5.74, 6) is -0.208. The van der Waals surface area contributed by atoms with Crippen molar-refractivity contribution in [2.24, 2.45) is 5.92 Å². The second kappa shape index (κ2) is 8.61. The molecule has 0 spiro atoms. The number of rotatable bonds is 5. The SMILES string of the molecule is COC(=O)C[C@H]1[C@@H](c2ccccc2OC)CN(C(=O)OC(C)(C)C)[C@@H]1CO. The molecule has 1 saturated heterocycles. The van der Waals surface area contributed by atoms with E-state index >= 15 is 0 Å². The van der Waals surface area contributed by atoms with Gasteiger partial charge in [0.15, 0.2) is 0 Å². The third kappa shape index (κ3) is 4.91. The minimum atomic E-state index is -0.655. The average Bonchev–Trinajstić information content (AvgIpc) is 2.98. The average molecular weight is 379 g/mol. The molecule has 1 heterocycles. The zero-order chi connectivity index (χ0) is 20.2. The van der Waals surface area contributed by atoms with Crippen LogP contribution in [0.25, 0.3) is 0 Å². The van der Waals surface area contributed by atoms with Gasteiger partial charge in [0.1, 0.15) is 11.4 Å². The van der Waals surface area contributed by atoms with E-state index < -0.39 is 17.7 Å². The third-order valence-corrected chi connectivity index (χ3v) is 4.79. The molecule has 7 nitrogen and oxygen atoms in total. The predicted octanol–water partition coefficient (Wildman–Crippen LogP) is 2.57. The Bertz CT molecular complexity index is 669. The fourth-order valence-electron chi connectivity index (χ4n) is 3.60. The number of nitrogens with zero attached hydrogens (tertiary/aromatic N) is 1. The number of aliphatic hydroxyl groups excluding tert-OH is 1. The molecular weight excluding hydrogens is 350 g/mol. The quantitative estimate of drug-likeness (QED) is 0.792. The van der Waals surface area contributed by atoms with Crippen LogP contribution in [-0.2, 0) is 14.3 Å². The van der Waals surface area contributed by atoms with Crippen LogP contribution in [0.3, 0.4) is 0 Å². The Morgan fingerprint density at radius 3 is 2.44 bits per heavy atom. The van der Waals surface area contributed by atoms with E-state index in [1.807, 2.05) is 24.3 Å². The van der Waals surface area contributed by atoms with Crippen LogP contribution in [0.5, 0.6) is 5.75 Å². The number of ether oxygens (including phenoxy) is 3. The lowest BCUT2D eigenvalue weighted by molar-refractivity contribution is -0.142. The number of amides is 1. The van der Waals surface area contributed by atoms with Gasteiger partial charge in [-0.2, -0.15) is 0 Å². The lowest BCUT2D eigenvalue weighted by Gasteiger charge is -2.29. The van der Waals surface area contributed by atoms with Crippen molar-refractivity contribution in [1.82, 2.24) is 4.90 Å². The van der Waals surface area contributed by atoms with E-state index in [9.17, 15) is 14.7 Å². The summed E-state index contributed by atoms with van der Waals surface area (Å²) in [6.45, 7) is 5.42. The van der Waals surface area contributed by atoms with Gasteiger partial charge in [0.2, 0.25) is 0 Å². The van der Waals surface area contributed by atoms with Gasteiger partial charge >= 0.3 is 12.1 Å². The van der Waals surface area contributed by atoms with Gasteiger partial charge in [-0.15, -0.1) is 0 Å². The summed E-state index contributed by atoms with van der Waals surface area (Å²) >= 11 is 0. The third-order valence-electron chi connectivity index (χ3n) is 4.79. The topological polar surface area (TPSA) is 85.3 Å². The van der Waals surface area contributed by atoms with Crippen LogP contribution < -0.4 is 4.74 Å². The number of para-hydroxylation sites is 1. The highest BCUT2D eigenvalue weighted by Crippen LogP contribution is 2.43. The number of carbonyl (C=O) groups is 2. The molecule has 0 radical (unpaired) electrons. The van der Waals surface area contributed by atoms with Crippen molar-refractivity contribution in [2.75, 3.05) is 27.4 Å². The van der Waals surface area contributed by atoms with Gasteiger partial charge in [0, 0.05) is 18.4 Å². The van der Waals surface area contributed by atoms with Crippen molar-refractivity contribution in [2.45, 2.75) is 44.8 Å². The van der Waals surface area contributed by atoms with Crippen LogP contribution in [0.1, 0.15) is 38.7 Å². The summed E-state index contributed by atoms with van der Waals surface area (Å²) in [7, 11) is 2.91. The lowest BCUT2D eigenvalue weighted by atomic mass is 9.83. The Morgan fingerprint density at radius 2 is 1.89 bits per heavy atom. The number of likely N-dealkylation sites (tertiary alicyclic amines) is 1. The molecule has 1 aromatic rings. The molecule has 0 aliphatic carbocycles. The second-order valence-corrected chi connectivity index (χ2v) is 7.68. The van der Waals surface area contributed by atoms with Crippen LogP contribution in [0.15, 0.2) is 24.3 Å². The van der Waals surface area contributed by atoms with E-state index in [1.165, 1.54) is 12.0 Å². The van der Waals surface area contributed by atoms with Crippen LogP contribution in [-0.4, -0.2) is 61.1 Å². The molecule has 7 heteroatoms. The number of aliphatic hydroxyl groups is 1. The highest BCUT2D eigenvalue weighted by molar-refractivity contribution is 5.72. The monoisotopic (exact) mass is 379 g/mol. The first-order valence-electron chi connectivity index (χ1n) is 9.02. The zero-order valence-electron chi connectivity index (χ0n) is 16.6. The van der Waals surface area contributed by atoms with Crippen molar-refractivity contribution in [1.29, 1.82) is 0 Å². The molecule has 0 unspecified atom stereocenters. The molecule has 1 aliphatic heterocycles. The molecule has 0 saturated carbocycles. The fourth-order valence-corrected chi connectivity index (χ4v) is 3.60. The van der Waals surface area contributed by atoms with Crippen molar-refractivity contribution in [3.05, 3.63) is 29.8 Å². The van der Waals surface area contributed by atoms with Gasteiger partial charge in [-0.3, -0.25) is 4.79 Å². The maximum atomic E-state index is 12.7. The summed E-state index contributed by atoms with van der Waals surface area (Å²) in [5.41, 5.74) is 0.232. The van der Waals surface area contributed by atoms with Gasteiger partial charge in [0.25, 0.3) is 0 Å². The van der Waals surface area contributed by atoms with Gasteiger partial charge in [-0.1, -0.05) is 18.2 Å². The summed E-state index contributed by atoms with van der Waals surface area (Å²) in [4.78, 5) is 26.2. The van der Waals surface area contributed by atoms with E-state index in [0.717, 1.165) is 5.56 Å². The summed E-state index contributed by atoms with van der Waals surface area (Å²) in [5, 5.41) is 10.00. The van der Waals surface area contributed by atoms with Gasteiger partial charge in [-0.05, 0) is 32.4 Å².